The summed E-state index contributed by atoms with van der Waals surface area (Å²) in [5, 5.41) is 0.245. The third-order valence-electron chi connectivity index (χ3n) is 3.60. The fourth-order valence-corrected chi connectivity index (χ4v) is 2.48. The first-order chi connectivity index (χ1) is 10.6. The predicted molar refractivity (Wildman–Crippen MR) is 84.5 cm³/mol. The van der Waals surface area contributed by atoms with Gasteiger partial charge in [0.1, 0.15) is 10.8 Å². The number of carbonyl (C=O) groups is 2. The summed E-state index contributed by atoms with van der Waals surface area (Å²) >= 11 is 5.67. The van der Waals surface area contributed by atoms with Gasteiger partial charge in [-0.25, -0.2) is 14.2 Å². The number of pyridine rings is 1. The fourth-order valence-electron chi connectivity index (χ4n) is 2.37. The Hall–Kier alpha value is -1.69. The molecule has 0 atom stereocenters. The van der Waals surface area contributed by atoms with E-state index in [-0.39, 0.29) is 36.6 Å². The summed E-state index contributed by atoms with van der Waals surface area (Å²) in [7, 11) is 0. The van der Waals surface area contributed by atoms with Gasteiger partial charge in [-0.1, -0.05) is 11.6 Å². The number of nitrogens with zero attached hydrogens (tertiary/aromatic N) is 2. The molecule has 1 aromatic rings. The highest BCUT2D eigenvalue weighted by atomic mass is 35.5. The molecule has 1 amide bonds. The molecule has 2 heterocycles. The molecule has 1 aliphatic rings. The molecule has 0 saturated carbocycles. The van der Waals surface area contributed by atoms with E-state index in [1.54, 1.807) is 20.8 Å². The third-order valence-corrected chi connectivity index (χ3v) is 3.83. The van der Waals surface area contributed by atoms with Crippen LogP contribution in [0.2, 0.25) is 5.15 Å². The maximum Gasteiger partial charge on any atom is 0.410 e. The van der Waals surface area contributed by atoms with Crippen molar-refractivity contribution in [1.82, 2.24) is 9.88 Å². The van der Waals surface area contributed by atoms with Gasteiger partial charge in [0.05, 0.1) is 0 Å². The van der Waals surface area contributed by atoms with E-state index in [0.717, 1.165) is 0 Å². The second-order valence-electron chi connectivity index (χ2n) is 6.63. The minimum atomic E-state index is -1.99. The van der Waals surface area contributed by atoms with Crippen molar-refractivity contribution < 1.29 is 18.7 Å². The van der Waals surface area contributed by atoms with Gasteiger partial charge in [-0.05, 0) is 32.9 Å². The van der Waals surface area contributed by atoms with Gasteiger partial charge in [0.15, 0.2) is 5.67 Å². The number of amides is 1. The lowest BCUT2D eigenvalue weighted by molar-refractivity contribution is 0.00500. The molecular formula is C16H20ClFN2O3. The minimum Gasteiger partial charge on any atom is -0.444 e. The van der Waals surface area contributed by atoms with Crippen molar-refractivity contribution in [2.75, 3.05) is 13.1 Å². The number of likely N-dealkylation sites (tertiary alicyclic amines) is 1. The first-order valence-electron chi connectivity index (χ1n) is 7.44. The van der Waals surface area contributed by atoms with Gasteiger partial charge < -0.3 is 9.64 Å². The Balaban J connectivity index is 2.00. The lowest BCUT2D eigenvalue weighted by Crippen LogP contribution is -2.49. The molecule has 0 unspecified atom stereocenters. The summed E-state index contributed by atoms with van der Waals surface area (Å²) in [4.78, 5) is 29.5. The fraction of sp³-hybridized carbons (Fsp3) is 0.562. The molecule has 0 N–H and O–H groups in total. The van der Waals surface area contributed by atoms with Crippen molar-refractivity contribution in [1.29, 1.82) is 0 Å². The van der Waals surface area contributed by atoms with Crippen LogP contribution in [0.25, 0.3) is 0 Å². The summed E-state index contributed by atoms with van der Waals surface area (Å²) in [6.45, 7) is 5.58. The SMILES string of the molecule is CC(C)(C)OC(=O)N1CCC(F)(C(=O)c2ccc(Cl)nc2)CC1. The second-order valence-corrected chi connectivity index (χ2v) is 7.02. The smallest absolute Gasteiger partial charge is 0.410 e. The van der Waals surface area contributed by atoms with E-state index in [1.165, 1.54) is 23.2 Å². The normalized spacial score (nSPS) is 17.7. The highest BCUT2D eigenvalue weighted by molar-refractivity contribution is 6.29. The van der Waals surface area contributed by atoms with Gasteiger partial charge in [-0.2, -0.15) is 0 Å². The van der Waals surface area contributed by atoms with Crippen LogP contribution in [0.1, 0.15) is 44.0 Å². The van der Waals surface area contributed by atoms with Crippen LogP contribution in [-0.4, -0.2) is 46.1 Å². The van der Waals surface area contributed by atoms with Crippen LogP contribution in [0.4, 0.5) is 9.18 Å². The predicted octanol–water partition coefficient (Wildman–Crippen LogP) is 3.66. The van der Waals surface area contributed by atoms with E-state index < -0.39 is 23.1 Å². The second kappa shape index (κ2) is 6.43. The van der Waals surface area contributed by atoms with Crippen molar-refractivity contribution in [3.8, 4) is 0 Å². The van der Waals surface area contributed by atoms with Gasteiger partial charge in [-0.15, -0.1) is 0 Å². The average molecular weight is 343 g/mol. The third kappa shape index (κ3) is 4.41. The minimum absolute atomic E-state index is 0.0618. The summed E-state index contributed by atoms with van der Waals surface area (Å²) in [6, 6.07) is 2.91. The Morgan fingerprint density at radius 1 is 1.30 bits per heavy atom. The number of rotatable bonds is 2. The van der Waals surface area contributed by atoms with Crippen molar-refractivity contribution in [2.45, 2.75) is 44.9 Å². The topological polar surface area (TPSA) is 59.5 Å². The van der Waals surface area contributed by atoms with Crippen LogP contribution in [0.15, 0.2) is 18.3 Å². The van der Waals surface area contributed by atoms with Gasteiger partial charge in [-0.3, -0.25) is 4.79 Å². The van der Waals surface area contributed by atoms with E-state index in [1.807, 2.05) is 0 Å². The lowest BCUT2D eigenvalue weighted by atomic mass is 9.86. The summed E-state index contributed by atoms with van der Waals surface area (Å²) in [5.74, 6) is -0.620. The van der Waals surface area contributed by atoms with Crippen molar-refractivity contribution in [3.05, 3.63) is 29.0 Å². The zero-order chi connectivity index (χ0) is 17.3. The monoisotopic (exact) mass is 342 g/mol. The Kier molecular flexibility index (Phi) is 4.94. The number of carbonyl (C=O) groups excluding carboxylic acids is 2. The first kappa shape index (κ1) is 17.7. The van der Waals surface area contributed by atoms with E-state index in [2.05, 4.69) is 4.98 Å². The number of hydrogen-bond acceptors (Lipinski definition) is 4. The number of Topliss-reactive ketones (excluding diaryl/α,β-unsaturated/α-hetero) is 1. The molecule has 1 aromatic heterocycles. The molecule has 5 nitrogen and oxygen atoms in total. The van der Waals surface area contributed by atoms with Crippen molar-refractivity contribution in [3.63, 3.8) is 0 Å². The maximum atomic E-state index is 14.9. The number of aromatic nitrogens is 1. The van der Waals surface area contributed by atoms with E-state index >= 15 is 0 Å². The van der Waals surface area contributed by atoms with Gasteiger partial charge in [0, 0.05) is 37.7 Å². The molecule has 0 aromatic carbocycles. The molecule has 0 spiro atoms. The van der Waals surface area contributed by atoms with Crippen LogP contribution >= 0.6 is 11.6 Å². The van der Waals surface area contributed by atoms with E-state index in [4.69, 9.17) is 16.3 Å². The van der Waals surface area contributed by atoms with Crippen LogP contribution in [-0.2, 0) is 4.74 Å². The van der Waals surface area contributed by atoms with E-state index in [0.29, 0.717) is 0 Å². The largest absolute Gasteiger partial charge is 0.444 e. The molecule has 1 fully saturated rings. The molecule has 1 aliphatic heterocycles. The summed E-state index contributed by atoms with van der Waals surface area (Å²) < 4.78 is 20.2. The zero-order valence-corrected chi connectivity index (χ0v) is 14.2. The molecule has 0 aliphatic carbocycles. The molecule has 23 heavy (non-hydrogen) atoms. The molecule has 126 valence electrons. The Bertz CT molecular complexity index is 590. The van der Waals surface area contributed by atoms with Gasteiger partial charge in [0.25, 0.3) is 0 Å². The quantitative estimate of drug-likeness (QED) is 0.608. The number of ether oxygens (including phenoxy) is 1. The van der Waals surface area contributed by atoms with Gasteiger partial charge >= 0.3 is 6.09 Å². The Morgan fingerprint density at radius 2 is 1.91 bits per heavy atom. The van der Waals surface area contributed by atoms with Crippen molar-refractivity contribution >= 4 is 23.5 Å². The molecule has 0 bridgehead atoms. The number of ketones is 1. The Morgan fingerprint density at radius 3 is 2.39 bits per heavy atom. The lowest BCUT2D eigenvalue weighted by Gasteiger charge is -2.36. The number of halogens is 2. The first-order valence-corrected chi connectivity index (χ1v) is 7.82. The van der Waals surface area contributed by atoms with Crippen molar-refractivity contribution in [2.24, 2.45) is 0 Å². The van der Waals surface area contributed by atoms with E-state index in [9.17, 15) is 14.0 Å². The maximum absolute atomic E-state index is 14.9. The molecule has 2 rings (SSSR count). The highest BCUT2D eigenvalue weighted by Crippen LogP contribution is 2.31. The molecule has 7 heteroatoms. The summed E-state index contributed by atoms with van der Waals surface area (Å²) in [6.07, 6.45) is 0.661. The molecular weight excluding hydrogens is 323 g/mol. The zero-order valence-electron chi connectivity index (χ0n) is 13.4. The number of hydrogen-bond donors (Lipinski definition) is 0. The highest BCUT2D eigenvalue weighted by Gasteiger charge is 2.43. The van der Waals surface area contributed by atoms with Crippen LogP contribution in [0.3, 0.4) is 0 Å². The molecule has 0 radical (unpaired) electrons. The number of piperidine rings is 1. The summed E-state index contributed by atoms with van der Waals surface area (Å²) in [5.41, 5.74) is -2.41. The van der Waals surface area contributed by atoms with Crippen LogP contribution < -0.4 is 0 Å². The van der Waals surface area contributed by atoms with Gasteiger partial charge in [0.2, 0.25) is 5.78 Å². The van der Waals surface area contributed by atoms with Crippen LogP contribution in [0, 0.1) is 0 Å². The standard InChI is InChI=1S/C16H20ClFN2O3/c1-15(2,3)23-14(22)20-8-6-16(18,7-9-20)13(21)11-4-5-12(17)19-10-11/h4-5,10H,6-9H2,1-3H3. The Labute approximate surface area is 139 Å². The average Bonchev–Trinajstić information content (AvgIpc) is 2.46. The number of alkyl halides is 1. The van der Waals surface area contributed by atoms with Crippen LogP contribution in [0.5, 0.6) is 0 Å². The molecule has 1 saturated heterocycles.